The molecule has 2 unspecified atom stereocenters. The lowest BCUT2D eigenvalue weighted by molar-refractivity contribution is 0.342. The smallest absolute Gasteiger partial charge is 0.165 e. The first-order valence-electron chi connectivity index (χ1n) is 9.35. The average molecular weight is 386 g/mol. The molecule has 7 nitrogen and oxygen atoms in total. The number of ether oxygens (including phenoxy) is 1. The normalized spacial score (nSPS) is 22.0. The van der Waals surface area contributed by atoms with E-state index in [4.69, 9.17) is 9.84 Å². The number of halogens is 2. The van der Waals surface area contributed by atoms with Crippen LogP contribution in [-0.2, 0) is 0 Å². The van der Waals surface area contributed by atoms with E-state index in [0.29, 0.717) is 29.5 Å². The molecular weight excluding hydrogens is 366 g/mol. The summed E-state index contributed by atoms with van der Waals surface area (Å²) in [6.07, 6.45) is 2.73. The van der Waals surface area contributed by atoms with E-state index in [0.717, 1.165) is 24.3 Å². The van der Waals surface area contributed by atoms with Gasteiger partial charge in [0.15, 0.2) is 17.3 Å². The molecule has 2 aliphatic rings. The standard InChI is InChI=1S/C19H20F2N6O/c1-28-16-6-17-23-9-15(27(17)26-18(16)10-2-3-10)13-5-4-11(20)19(24-13)25-14-8-22-7-12(14)21/h4-6,9-10,12,14,22H,2-3,7-8H2,1H3,(H,24,25). The minimum Gasteiger partial charge on any atom is -0.495 e. The summed E-state index contributed by atoms with van der Waals surface area (Å²) in [7, 11) is 1.62. The van der Waals surface area contributed by atoms with Gasteiger partial charge in [0.2, 0.25) is 0 Å². The number of fused-ring (bicyclic) bond motifs is 1. The van der Waals surface area contributed by atoms with Crippen LogP contribution in [-0.4, -0.2) is 52.0 Å². The number of imidazole rings is 1. The van der Waals surface area contributed by atoms with E-state index in [9.17, 15) is 8.78 Å². The fraction of sp³-hybridized carbons (Fsp3) is 0.421. The van der Waals surface area contributed by atoms with Gasteiger partial charge in [0.25, 0.3) is 0 Å². The second kappa shape index (κ2) is 6.66. The summed E-state index contributed by atoms with van der Waals surface area (Å²) >= 11 is 0. The Bertz CT molecular complexity index is 1030. The van der Waals surface area contributed by atoms with Gasteiger partial charge in [0.05, 0.1) is 25.0 Å². The molecule has 1 aliphatic carbocycles. The number of rotatable bonds is 5. The van der Waals surface area contributed by atoms with Crippen molar-refractivity contribution >= 4 is 11.5 Å². The maximum atomic E-state index is 14.3. The number of hydrogen-bond donors (Lipinski definition) is 2. The fourth-order valence-corrected chi connectivity index (χ4v) is 3.54. The summed E-state index contributed by atoms with van der Waals surface area (Å²) in [5.74, 6) is 0.623. The predicted octanol–water partition coefficient (Wildman–Crippen LogP) is 2.54. The van der Waals surface area contributed by atoms with Gasteiger partial charge in [-0.25, -0.2) is 23.3 Å². The monoisotopic (exact) mass is 386 g/mol. The molecule has 4 heterocycles. The topological polar surface area (TPSA) is 76.4 Å². The molecule has 1 aliphatic heterocycles. The molecule has 2 atom stereocenters. The summed E-state index contributed by atoms with van der Waals surface area (Å²) in [4.78, 5) is 8.77. The first-order chi connectivity index (χ1) is 13.6. The van der Waals surface area contributed by atoms with Gasteiger partial charge < -0.3 is 15.4 Å². The third-order valence-corrected chi connectivity index (χ3v) is 5.24. The molecule has 1 saturated carbocycles. The fourth-order valence-electron chi connectivity index (χ4n) is 3.54. The van der Waals surface area contributed by atoms with E-state index in [1.165, 1.54) is 6.07 Å². The van der Waals surface area contributed by atoms with Gasteiger partial charge in [0.1, 0.15) is 23.3 Å². The molecule has 3 aromatic heterocycles. The van der Waals surface area contributed by atoms with Crippen LogP contribution >= 0.6 is 0 Å². The van der Waals surface area contributed by atoms with Crippen molar-refractivity contribution in [2.75, 3.05) is 25.5 Å². The molecule has 0 aromatic carbocycles. The van der Waals surface area contributed by atoms with Crippen molar-refractivity contribution in [3.63, 3.8) is 0 Å². The van der Waals surface area contributed by atoms with Crippen molar-refractivity contribution in [1.29, 1.82) is 0 Å². The molecule has 146 valence electrons. The van der Waals surface area contributed by atoms with Gasteiger partial charge in [-0.1, -0.05) is 0 Å². The lowest BCUT2D eigenvalue weighted by atomic mass is 10.2. The molecule has 5 rings (SSSR count). The van der Waals surface area contributed by atoms with Crippen molar-refractivity contribution in [2.45, 2.75) is 31.0 Å². The van der Waals surface area contributed by atoms with Crippen LogP contribution in [0, 0.1) is 5.82 Å². The van der Waals surface area contributed by atoms with Crippen LogP contribution in [0.4, 0.5) is 14.6 Å². The number of nitrogens with one attached hydrogen (secondary N) is 2. The third-order valence-electron chi connectivity index (χ3n) is 5.24. The van der Waals surface area contributed by atoms with Crippen LogP contribution in [0.25, 0.3) is 17.0 Å². The van der Waals surface area contributed by atoms with Crippen LogP contribution in [0.1, 0.15) is 24.5 Å². The van der Waals surface area contributed by atoms with Crippen molar-refractivity contribution in [3.8, 4) is 17.1 Å². The molecule has 2 N–H and O–H groups in total. The second-order valence-corrected chi connectivity index (χ2v) is 7.24. The number of hydrogen-bond acceptors (Lipinski definition) is 6. The summed E-state index contributed by atoms with van der Waals surface area (Å²) < 4.78 is 35.3. The van der Waals surface area contributed by atoms with Crippen LogP contribution in [0.5, 0.6) is 5.75 Å². The molecule has 3 aromatic rings. The molecule has 9 heteroatoms. The van der Waals surface area contributed by atoms with Crippen molar-refractivity contribution in [1.82, 2.24) is 24.9 Å². The number of aromatic nitrogens is 4. The predicted molar refractivity (Wildman–Crippen MR) is 99.9 cm³/mol. The Morgan fingerprint density at radius 3 is 2.86 bits per heavy atom. The Kier molecular flexibility index (Phi) is 4.12. The van der Waals surface area contributed by atoms with Gasteiger partial charge in [-0.15, -0.1) is 0 Å². The minimum atomic E-state index is -1.09. The molecule has 28 heavy (non-hydrogen) atoms. The number of pyridine rings is 1. The highest BCUT2D eigenvalue weighted by atomic mass is 19.1. The summed E-state index contributed by atoms with van der Waals surface area (Å²) in [6.45, 7) is 0.677. The van der Waals surface area contributed by atoms with E-state index >= 15 is 0 Å². The summed E-state index contributed by atoms with van der Waals surface area (Å²) in [5, 5.41) is 10.5. The van der Waals surface area contributed by atoms with Crippen molar-refractivity contribution in [2.24, 2.45) is 0 Å². The Morgan fingerprint density at radius 1 is 1.29 bits per heavy atom. The number of nitrogens with zero attached hydrogens (tertiary/aromatic N) is 4. The van der Waals surface area contributed by atoms with Crippen LogP contribution < -0.4 is 15.4 Å². The van der Waals surface area contributed by atoms with E-state index in [1.54, 1.807) is 23.9 Å². The number of anilines is 1. The van der Waals surface area contributed by atoms with Gasteiger partial charge in [-0.3, -0.25) is 0 Å². The van der Waals surface area contributed by atoms with E-state index < -0.39 is 18.0 Å². The van der Waals surface area contributed by atoms with E-state index in [2.05, 4.69) is 20.6 Å². The van der Waals surface area contributed by atoms with Crippen LogP contribution in [0.2, 0.25) is 0 Å². The Labute approximate surface area is 160 Å². The lowest BCUT2D eigenvalue weighted by Gasteiger charge is -2.16. The highest BCUT2D eigenvalue weighted by molar-refractivity contribution is 5.62. The van der Waals surface area contributed by atoms with Crippen LogP contribution in [0.15, 0.2) is 24.4 Å². The zero-order chi connectivity index (χ0) is 19.3. The molecule has 1 saturated heterocycles. The van der Waals surface area contributed by atoms with Crippen LogP contribution in [0.3, 0.4) is 0 Å². The first kappa shape index (κ1) is 17.3. The van der Waals surface area contributed by atoms with Gasteiger partial charge in [-0.2, -0.15) is 5.10 Å². The van der Waals surface area contributed by atoms with Crippen molar-refractivity contribution in [3.05, 3.63) is 35.9 Å². The van der Waals surface area contributed by atoms with Gasteiger partial charge in [-0.05, 0) is 25.0 Å². The highest BCUT2D eigenvalue weighted by Gasteiger charge is 2.30. The molecule has 0 bridgehead atoms. The summed E-state index contributed by atoms with van der Waals surface area (Å²) in [5.41, 5.74) is 2.67. The Hall–Kier alpha value is -2.81. The minimum absolute atomic E-state index is 0.0275. The van der Waals surface area contributed by atoms with Gasteiger partial charge >= 0.3 is 0 Å². The maximum Gasteiger partial charge on any atom is 0.165 e. The SMILES string of the molecule is COc1cc2ncc(-c3ccc(F)c(NC4CNCC4F)n3)n2nc1C1CC1. The van der Waals surface area contributed by atoms with Crippen molar-refractivity contribution < 1.29 is 13.5 Å². The van der Waals surface area contributed by atoms with Gasteiger partial charge in [0, 0.05) is 25.1 Å². The molecule has 2 fully saturated rings. The number of alkyl halides is 1. The average Bonchev–Trinajstić information content (AvgIpc) is 3.35. The highest BCUT2D eigenvalue weighted by Crippen LogP contribution is 2.43. The Morgan fingerprint density at radius 2 is 2.14 bits per heavy atom. The quantitative estimate of drug-likeness (QED) is 0.702. The molecule has 0 amide bonds. The maximum absolute atomic E-state index is 14.3. The lowest BCUT2D eigenvalue weighted by Crippen LogP contribution is -2.30. The van der Waals surface area contributed by atoms with E-state index in [-0.39, 0.29) is 12.4 Å². The zero-order valence-corrected chi connectivity index (χ0v) is 15.3. The summed E-state index contributed by atoms with van der Waals surface area (Å²) in [6, 6.07) is 4.24. The second-order valence-electron chi connectivity index (χ2n) is 7.24. The Balaban J connectivity index is 1.54. The first-order valence-corrected chi connectivity index (χ1v) is 9.35. The largest absolute Gasteiger partial charge is 0.495 e. The molecular formula is C19H20F2N6O. The number of methoxy groups -OCH3 is 1. The molecule has 0 radical (unpaired) electrons. The third kappa shape index (κ3) is 2.95. The molecule has 0 spiro atoms. The van der Waals surface area contributed by atoms with E-state index in [1.807, 2.05) is 6.07 Å². The zero-order valence-electron chi connectivity index (χ0n) is 15.3.